The molecular weight excluding hydrogens is 466 g/mol. The van der Waals surface area contributed by atoms with Crippen molar-refractivity contribution in [1.82, 2.24) is 14.2 Å². The van der Waals surface area contributed by atoms with Crippen LogP contribution in [0.2, 0.25) is 5.02 Å². The molecular formula is C23H28ClN3O3S2. The highest BCUT2D eigenvalue weighted by Crippen LogP contribution is 2.30. The summed E-state index contributed by atoms with van der Waals surface area (Å²) in [6.07, 6.45) is 6.37. The lowest BCUT2D eigenvalue weighted by Gasteiger charge is -2.29. The van der Waals surface area contributed by atoms with Crippen molar-refractivity contribution in [3.63, 3.8) is 0 Å². The quantitative estimate of drug-likeness (QED) is 0.594. The predicted octanol–water partition coefficient (Wildman–Crippen LogP) is 4.45. The van der Waals surface area contributed by atoms with Crippen molar-refractivity contribution in [3.8, 4) is 0 Å². The van der Waals surface area contributed by atoms with Crippen molar-refractivity contribution in [2.75, 3.05) is 24.6 Å². The van der Waals surface area contributed by atoms with Crippen LogP contribution in [0.15, 0.2) is 47.5 Å². The van der Waals surface area contributed by atoms with Gasteiger partial charge in [0.25, 0.3) is 5.91 Å². The maximum Gasteiger partial charge on any atom is 0.254 e. The van der Waals surface area contributed by atoms with E-state index in [-0.39, 0.29) is 21.9 Å². The minimum atomic E-state index is -3.76. The topological polar surface area (TPSA) is 70.6 Å². The standard InChI is InChI=1S/C23H28ClN3O3S2/c24-21-9-8-18(15-22(21)32(29,30)26-12-5-1-2-6-13-26)23(28)27(20-10-14-31-17-20)16-19-7-3-4-11-25-19/h3-4,7-9,11,15,20H,1-2,5-6,10,12-14,16-17H2. The van der Waals surface area contributed by atoms with E-state index in [0.29, 0.717) is 25.2 Å². The number of amides is 1. The molecule has 1 aromatic carbocycles. The van der Waals surface area contributed by atoms with Gasteiger partial charge in [0.15, 0.2) is 0 Å². The van der Waals surface area contributed by atoms with Crippen LogP contribution in [-0.4, -0.2) is 59.2 Å². The van der Waals surface area contributed by atoms with Gasteiger partial charge in [-0.25, -0.2) is 8.42 Å². The van der Waals surface area contributed by atoms with Gasteiger partial charge in [-0.15, -0.1) is 0 Å². The van der Waals surface area contributed by atoms with Crippen LogP contribution < -0.4 is 0 Å². The Labute approximate surface area is 199 Å². The van der Waals surface area contributed by atoms with Crippen LogP contribution in [0.25, 0.3) is 0 Å². The first kappa shape index (κ1) is 23.5. The Balaban J connectivity index is 1.64. The first-order chi connectivity index (χ1) is 15.5. The molecule has 0 radical (unpaired) electrons. The van der Waals surface area contributed by atoms with Gasteiger partial charge in [-0.3, -0.25) is 9.78 Å². The molecule has 1 amide bonds. The maximum atomic E-state index is 13.6. The van der Waals surface area contributed by atoms with Crippen LogP contribution in [-0.2, 0) is 16.6 Å². The highest BCUT2D eigenvalue weighted by Gasteiger charge is 2.31. The predicted molar refractivity (Wildman–Crippen MR) is 129 cm³/mol. The monoisotopic (exact) mass is 493 g/mol. The first-order valence-electron chi connectivity index (χ1n) is 11.0. The van der Waals surface area contributed by atoms with Crippen molar-refractivity contribution >= 4 is 39.3 Å². The summed E-state index contributed by atoms with van der Waals surface area (Å²) in [5.74, 6) is 1.68. The van der Waals surface area contributed by atoms with Gasteiger partial charge in [-0.1, -0.05) is 30.5 Å². The summed E-state index contributed by atoms with van der Waals surface area (Å²) in [5.41, 5.74) is 1.15. The van der Waals surface area contributed by atoms with Crippen molar-refractivity contribution < 1.29 is 13.2 Å². The lowest BCUT2D eigenvalue weighted by Crippen LogP contribution is -2.40. The highest BCUT2D eigenvalue weighted by atomic mass is 35.5. The normalized spacial score (nSPS) is 20.1. The molecule has 2 fully saturated rings. The number of halogens is 1. The van der Waals surface area contributed by atoms with E-state index < -0.39 is 10.0 Å². The van der Waals surface area contributed by atoms with E-state index in [9.17, 15) is 13.2 Å². The summed E-state index contributed by atoms with van der Waals surface area (Å²) < 4.78 is 28.2. The number of hydrogen-bond donors (Lipinski definition) is 0. The highest BCUT2D eigenvalue weighted by molar-refractivity contribution is 7.99. The number of pyridine rings is 1. The zero-order chi connectivity index (χ0) is 22.6. The van der Waals surface area contributed by atoms with Crippen molar-refractivity contribution in [2.24, 2.45) is 0 Å². The summed E-state index contributed by atoms with van der Waals surface area (Å²) in [6, 6.07) is 10.4. The SMILES string of the molecule is O=C(c1ccc(Cl)c(S(=O)(=O)N2CCCCCC2)c1)N(Cc1ccccn1)C1CCSC1. The summed E-state index contributed by atoms with van der Waals surface area (Å²) in [4.78, 5) is 19.8. The minimum Gasteiger partial charge on any atom is -0.329 e. The average molecular weight is 494 g/mol. The van der Waals surface area contributed by atoms with E-state index >= 15 is 0 Å². The third-order valence-electron chi connectivity index (χ3n) is 6.03. The van der Waals surface area contributed by atoms with Gasteiger partial charge in [0.05, 0.1) is 17.3 Å². The summed E-state index contributed by atoms with van der Waals surface area (Å²) in [5, 5.41) is 0.151. The van der Waals surface area contributed by atoms with Crippen molar-refractivity contribution in [3.05, 3.63) is 58.9 Å². The zero-order valence-corrected chi connectivity index (χ0v) is 20.3. The number of carbonyl (C=O) groups excluding carboxylic acids is 1. The largest absolute Gasteiger partial charge is 0.329 e. The van der Waals surface area contributed by atoms with Crippen LogP contribution in [0, 0.1) is 0 Å². The molecule has 172 valence electrons. The molecule has 0 saturated carbocycles. The van der Waals surface area contributed by atoms with Crippen LogP contribution in [0.1, 0.15) is 48.2 Å². The Kier molecular flexibility index (Phi) is 7.76. The lowest BCUT2D eigenvalue weighted by atomic mass is 10.1. The first-order valence-corrected chi connectivity index (χ1v) is 14.0. The fraction of sp³-hybridized carbons (Fsp3) is 0.478. The summed E-state index contributed by atoms with van der Waals surface area (Å²) in [7, 11) is -3.76. The van der Waals surface area contributed by atoms with E-state index in [1.165, 1.54) is 16.4 Å². The molecule has 2 aliphatic heterocycles. The molecule has 0 bridgehead atoms. The van der Waals surface area contributed by atoms with E-state index in [0.717, 1.165) is 49.3 Å². The van der Waals surface area contributed by atoms with Crippen molar-refractivity contribution in [1.29, 1.82) is 0 Å². The second-order valence-corrected chi connectivity index (χ2v) is 11.7. The van der Waals surface area contributed by atoms with Gasteiger partial charge in [-0.2, -0.15) is 16.1 Å². The second-order valence-electron chi connectivity index (χ2n) is 8.24. The van der Waals surface area contributed by atoms with E-state index in [1.54, 1.807) is 12.3 Å². The van der Waals surface area contributed by atoms with Gasteiger partial charge in [-0.05, 0) is 55.3 Å². The van der Waals surface area contributed by atoms with Gasteiger partial charge >= 0.3 is 0 Å². The van der Waals surface area contributed by atoms with Crippen LogP contribution in [0.4, 0.5) is 0 Å². The third kappa shape index (κ3) is 5.30. The van der Waals surface area contributed by atoms with Crippen molar-refractivity contribution in [2.45, 2.75) is 49.6 Å². The molecule has 6 nitrogen and oxygen atoms in total. The molecule has 3 heterocycles. The molecule has 32 heavy (non-hydrogen) atoms. The molecule has 2 saturated heterocycles. The summed E-state index contributed by atoms with van der Waals surface area (Å²) in [6.45, 7) is 1.37. The van der Waals surface area contributed by atoms with Gasteiger partial charge < -0.3 is 4.90 Å². The number of benzene rings is 1. The zero-order valence-electron chi connectivity index (χ0n) is 18.0. The number of nitrogens with zero attached hydrogens (tertiary/aromatic N) is 3. The Morgan fingerprint density at radius 2 is 1.94 bits per heavy atom. The number of hydrogen-bond acceptors (Lipinski definition) is 5. The number of aromatic nitrogens is 1. The van der Waals surface area contributed by atoms with E-state index in [1.807, 2.05) is 34.9 Å². The number of thioether (sulfide) groups is 1. The Bertz CT molecular complexity index is 1040. The Morgan fingerprint density at radius 1 is 1.16 bits per heavy atom. The van der Waals surface area contributed by atoms with Gasteiger partial charge in [0, 0.05) is 36.6 Å². The van der Waals surface area contributed by atoms with Crippen LogP contribution in [0.5, 0.6) is 0 Å². The molecule has 2 aromatic rings. The van der Waals surface area contributed by atoms with Gasteiger partial charge in [0.2, 0.25) is 10.0 Å². The van der Waals surface area contributed by atoms with Gasteiger partial charge in [0.1, 0.15) is 4.90 Å². The molecule has 9 heteroatoms. The fourth-order valence-electron chi connectivity index (χ4n) is 4.22. The molecule has 0 aliphatic carbocycles. The minimum absolute atomic E-state index is 0.0190. The number of carbonyl (C=O) groups is 1. The average Bonchev–Trinajstić information content (AvgIpc) is 3.18. The fourth-order valence-corrected chi connectivity index (χ4v) is 7.46. The third-order valence-corrected chi connectivity index (χ3v) is 9.55. The molecule has 1 unspecified atom stereocenters. The molecule has 4 rings (SSSR count). The lowest BCUT2D eigenvalue weighted by molar-refractivity contribution is 0.0678. The smallest absolute Gasteiger partial charge is 0.254 e. The number of rotatable bonds is 6. The number of sulfonamides is 1. The van der Waals surface area contributed by atoms with Crippen LogP contribution in [0.3, 0.4) is 0 Å². The molecule has 0 N–H and O–H groups in total. The van der Waals surface area contributed by atoms with E-state index in [2.05, 4.69) is 4.98 Å². The maximum absolute atomic E-state index is 13.6. The Morgan fingerprint density at radius 3 is 2.59 bits per heavy atom. The summed E-state index contributed by atoms with van der Waals surface area (Å²) >= 11 is 8.16. The molecule has 1 atom stereocenters. The molecule has 2 aliphatic rings. The molecule has 0 spiro atoms. The van der Waals surface area contributed by atoms with Crippen LogP contribution >= 0.6 is 23.4 Å². The van der Waals surface area contributed by atoms with E-state index in [4.69, 9.17) is 11.6 Å². The Hall–Kier alpha value is -1.61. The second kappa shape index (κ2) is 10.5. The molecule has 1 aromatic heterocycles.